The maximum absolute atomic E-state index is 12.8. The Bertz CT molecular complexity index is 631. The number of benzene rings is 1. The first-order valence-corrected chi connectivity index (χ1v) is 8.77. The molecule has 2 aromatic rings. The van der Waals surface area contributed by atoms with E-state index in [0.717, 1.165) is 18.4 Å². The van der Waals surface area contributed by atoms with Crippen LogP contribution in [0, 0.1) is 0 Å². The number of hydrogen-bond acceptors (Lipinski definition) is 3. The molecule has 0 bridgehead atoms. The number of phenols is 1. The predicted octanol–water partition coefficient (Wildman–Crippen LogP) is 3.34. The van der Waals surface area contributed by atoms with Crippen molar-refractivity contribution < 1.29 is 9.90 Å². The molecule has 0 atom stereocenters. The van der Waals surface area contributed by atoms with E-state index in [4.69, 9.17) is 0 Å². The van der Waals surface area contributed by atoms with Crippen LogP contribution in [0.3, 0.4) is 0 Å². The first-order valence-electron chi connectivity index (χ1n) is 8.77. The first kappa shape index (κ1) is 16.6. The number of aryl methyl sites for hydroxylation is 1. The highest BCUT2D eigenvalue weighted by Gasteiger charge is 2.25. The lowest BCUT2D eigenvalue weighted by Crippen LogP contribution is -2.41. The molecule has 0 saturated heterocycles. The van der Waals surface area contributed by atoms with Crippen LogP contribution in [0.4, 0.5) is 0 Å². The van der Waals surface area contributed by atoms with Gasteiger partial charge in [-0.2, -0.15) is 5.10 Å². The Labute approximate surface area is 142 Å². The SMILES string of the molecule is O=C(CCn1cccn1)N(Cc1ccc(O)cc1)C1CCCCC1. The fourth-order valence-electron chi connectivity index (χ4n) is 3.40. The van der Waals surface area contributed by atoms with E-state index in [9.17, 15) is 9.90 Å². The minimum absolute atomic E-state index is 0.186. The van der Waals surface area contributed by atoms with E-state index < -0.39 is 0 Å². The smallest absolute Gasteiger partial charge is 0.224 e. The molecule has 5 heteroatoms. The summed E-state index contributed by atoms with van der Waals surface area (Å²) in [5, 5.41) is 13.6. The number of amides is 1. The molecule has 0 radical (unpaired) electrons. The molecule has 0 spiro atoms. The first-order chi connectivity index (χ1) is 11.7. The Morgan fingerprint density at radius 1 is 1.21 bits per heavy atom. The highest BCUT2D eigenvalue weighted by atomic mass is 16.3. The van der Waals surface area contributed by atoms with Gasteiger partial charge in [-0.05, 0) is 36.6 Å². The molecule has 1 amide bonds. The molecule has 1 N–H and O–H groups in total. The lowest BCUT2D eigenvalue weighted by molar-refractivity contribution is -0.135. The molecule has 0 unspecified atom stereocenters. The number of aromatic nitrogens is 2. The van der Waals surface area contributed by atoms with Crippen LogP contribution < -0.4 is 0 Å². The van der Waals surface area contributed by atoms with Crippen LogP contribution in [0.15, 0.2) is 42.7 Å². The van der Waals surface area contributed by atoms with E-state index in [1.165, 1.54) is 19.3 Å². The molecule has 1 aromatic heterocycles. The molecule has 1 fully saturated rings. The van der Waals surface area contributed by atoms with E-state index in [1.54, 1.807) is 23.0 Å². The molecule has 1 aromatic carbocycles. The Hall–Kier alpha value is -2.30. The van der Waals surface area contributed by atoms with E-state index in [-0.39, 0.29) is 11.7 Å². The third-order valence-corrected chi connectivity index (χ3v) is 4.74. The number of rotatable bonds is 6. The Morgan fingerprint density at radius 2 is 1.96 bits per heavy atom. The van der Waals surface area contributed by atoms with E-state index in [0.29, 0.717) is 25.6 Å². The van der Waals surface area contributed by atoms with Crippen molar-refractivity contribution in [1.29, 1.82) is 0 Å². The average Bonchev–Trinajstić information content (AvgIpc) is 3.13. The van der Waals surface area contributed by atoms with Gasteiger partial charge in [0.15, 0.2) is 0 Å². The van der Waals surface area contributed by atoms with Crippen LogP contribution in [0.1, 0.15) is 44.1 Å². The lowest BCUT2D eigenvalue weighted by atomic mass is 9.93. The standard InChI is InChI=1S/C19H25N3O2/c23-18-9-7-16(8-10-18)15-22(17-5-2-1-3-6-17)19(24)11-14-21-13-4-12-20-21/h4,7-10,12-13,17,23H,1-3,5-6,11,14-15H2. The van der Waals surface area contributed by atoms with Gasteiger partial charge in [-0.25, -0.2) is 0 Å². The van der Waals surface area contributed by atoms with Gasteiger partial charge in [0.05, 0.1) is 0 Å². The summed E-state index contributed by atoms with van der Waals surface area (Å²) in [6.45, 7) is 1.23. The second-order valence-corrected chi connectivity index (χ2v) is 6.50. The minimum atomic E-state index is 0.186. The van der Waals surface area contributed by atoms with Gasteiger partial charge in [0, 0.05) is 37.9 Å². The molecule has 3 rings (SSSR count). The summed E-state index contributed by atoms with van der Waals surface area (Å²) in [5.41, 5.74) is 1.06. The van der Waals surface area contributed by atoms with Gasteiger partial charge in [-0.3, -0.25) is 9.48 Å². The maximum atomic E-state index is 12.8. The van der Waals surface area contributed by atoms with Crippen molar-refractivity contribution in [1.82, 2.24) is 14.7 Å². The van der Waals surface area contributed by atoms with Gasteiger partial charge in [0.25, 0.3) is 0 Å². The summed E-state index contributed by atoms with van der Waals surface area (Å²) in [6.07, 6.45) is 9.93. The number of carbonyl (C=O) groups excluding carboxylic acids is 1. The average molecular weight is 327 g/mol. The summed E-state index contributed by atoms with van der Waals surface area (Å²) in [6, 6.07) is 9.36. The van der Waals surface area contributed by atoms with Gasteiger partial charge < -0.3 is 10.0 Å². The molecular weight excluding hydrogens is 302 g/mol. The second-order valence-electron chi connectivity index (χ2n) is 6.50. The second kappa shape index (κ2) is 7.99. The third kappa shape index (κ3) is 4.37. The van der Waals surface area contributed by atoms with Crippen molar-refractivity contribution in [2.45, 2.75) is 57.7 Å². The number of phenolic OH excluding ortho intramolecular Hbond substituents is 1. The van der Waals surface area contributed by atoms with Gasteiger partial charge in [0.2, 0.25) is 5.91 Å². The minimum Gasteiger partial charge on any atom is -0.508 e. The van der Waals surface area contributed by atoms with Crippen molar-refractivity contribution in [3.63, 3.8) is 0 Å². The zero-order valence-electron chi connectivity index (χ0n) is 14.0. The maximum Gasteiger partial charge on any atom is 0.224 e. The van der Waals surface area contributed by atoms with Crippen molar-refractivity contribution in [2.75, 3.05) is 0 Å². The monoisotopic (exact) mass is 327 g/mol. The molecule has 1 aliphatic carbocycles. The van der Waals surface area contributed by atoms with E-state index in [2.05, 4.69) is 5.10 Å². The number of aromatic hydroxyl groups is 1. The molecular formula is C19H25N3O2. The fraction of sp³-hybridized carbons (Fsp3) is 0.474. The van der Waals surface area contributed by atoms with E-state index in [1.807, 2.05) is 29.3 Å². The molecule has 1 saturated carbocycles. The zero-order chi connectivity index (χ0) is 16.8. The quantitative estimate of drug-likeness (QED) is 0.885. The normalized spacial score (nSPS) is 15.3. The summed E-state index contributed by atoms with van der Waals surface area (Å²) in [5.74, 6) is 0.443. The number of carbonyl (C=O) groups is 1. The molecule has 0 aliphatic heterocycles. The Morgan fingerprint density at radius 3 is 2.62 bits per heavy atom. The van der Waals surface area contributed by atoms with Crippen LogP contribution in [0.25, 0.3) is 0 Å². The number of hydrogen-bond donors (Lipinski definition) is 1. The summed E-state index contributed by atoms with van der Waals surface area (Å²) in [7, 11) is 0. The zero-order valence-corrected chi connectivity index (χ0v) is 14.0. The van der Waals surface area contributed by atoms with Crippen LogP contribution >= 0.6 is 0 Å². The topological polar surface area (TPSA) is 58.4 Å². The van der Waals surface area contributed by atoms with E-state index >= 15 is 0 Å². The molecule has 24 heavy (non-hydrogen) atoms. The van der Waals surface area contributed by atoms with Crippen LogP contribution in [-0.2, 0) is 17.9 Å². The summed E-state index contributed by atoms with van der Waals surface area (Å²) in [4.78, 5) is 14.9. The highest BCUT2D eigenvalue weighted by Crippen LogP contribution is 2.25. The van der Waals surface area contributed by atoms with Crippen molar-refractivity contribution in [3.05, 3.63) is 48.3 Å². The molecule has 5 nitrogen and oxygen atoms in total. The summed E-state index contributed by atoms with van der Waals surface area (Å²) < 4.78 is 1.80. The van der Waals surface area contributed by atoms with Crippen molar-refractivity contribution >= 4 is 5.91 Å². The molecule has 1 heterocycles. The van der Waals surface area contributed by atoms with Crippen molar-refractivity contribution in [3.8, 4) is 5.75 Å². The molecule has 1 aliphatic rings. The van der Waals surface area contributed by atoms with Gasteiger partial charge in [-0.15, -0.1) is 0 Å². The van der Waals surface area contributed by atoms with Crippen LogP contribution in [-0.4, -0.2) is 31.7 Å². The highest BCUT2D eigenvalue weighted by molar-refractivity contribution is 5.76. The number of nitrogens with zero attached hydrogens (tertiary/aromatic N) is 3. The van der Waals surface area contributed by atoms with Crippen LogP contribution in [0.5, 0.6) is 5.75 Å². The molecule has 128 valence electrons. The Kier molecular flexibility index (Phi) is 5.51. The summed E-state index contributed by atoms with van der Waals surface area (Å²) >= 11 is 0. The lowest BCUT2D eigenvalue weighted by Gasteiger charge is -2.34. The third-order valence-electron chi connectivity index (χ3n) is 4.74. The fourth-order valence-corrected chi connectivity index (χ4v) is 3.40. The largest absolute Gasteiger partial charge is 0.508 e. The van der Waals surface area contributed by atoms with Gasteiger partial charge in [0.1, 0.15) is 5.75 Å². The predicted molar refractivity (Wildman–Crippen MR) is 92.4 cm³/mol. The van der Waals surface area contributed by atoms with Gasteiger partial charge in [-0.1, -0.05) is 31.4 Å². The van der Waals surface area contributed by atoms with Gasteiger partial charge >= 0.3 is 0 Å². The Balaban J connectivity index is 1.68. The van der Waals surface area contributed by atoms with Crippen LogP contribution in [0.2, 0.25) is 0 Å². The van der Waals surface area contributed by atoms with Crippen molar-refractivity contribution in [2.24, 2.45) is 0 Å².